The maximum absolute atomic E-state index is 12.4. The molecule has 0 saturated heterocycles. The highest BCUT2D eigenvalue weighted by Crippen LogP contribution is 2.34. The molecule has 3 N–H and O–H groups in total. The van der Waals surface area contributed by atoms with Gasteiger partial charge < -0.3 is 20.5 Å². The van der Waals surface area contributed by atoms with Crippen molar-refractivity contribution in [3.63, 3.8) is 0 Å². The molecule has 116 valence electrons. The second-order valence-electron chi connectivity index (χ2n) is 4.99. The third kappa shape index (κ3) is 4.56. The summed E-state index contributed by atoms with van der Waals surface area (Å²) in [6.45, 7) is -2.97. The highest BCUT2D eigenvalue weighted by atomic mass is 19.3. The number of amides is 1. The molecule has 5 nitrogen and oxygen atoms in total. The largest absolute Gasteiger partial charge is 0.497 e. The Morgan fingerprint density at radius 1 is 1.48 bits per heavy atom. The molecule has 0 bridgehead atoms. The maximum Gasteiger partial charge on any atom is 0.387 e. The van der Waals surface area contributed by atoms with Crippen LogP contribution in [-0.4, -0.2) is 25.7 Å². The minimum Gasteiger partial charge on any atom is -0.497 e. The molecule has 1 aromatic carbocycles. The fourth-order valence-electron chi connectivity index (χ4n) is 2.04. The number of carbonyl (C=O) groups is 1. The minimum atomic E-state index is -2.97. The molecular weight excluding hydrogens is 282 g/mol. The number of benzene rings is 1. The summed E-state index contributed by atoms with van der Waals surface area (Å²) in [5.74, 6) is 0.372. The van der Waals surface area contributed by atoms with E-state index in [4.69, 9.17) is 10.5 Å². The Kier molecular flexibility index (Phi) is 4.95. The SMILES string of the molecule is COc1ccc(OC(F)F)c(NC(=O)CC(N)C2CC2)c1. The molecular formula is C14H18F2N2O3. The first kappa shape index (κ1) is 15.5. The highest BCUT2D eigenvalue weighted by Gasteiger charge is 2.30. The van der Waals surface area contributed by atoms with Crippen molar-refractivity contribution in [3.05, 3.63) is 18.2 Å². The quantitative estimate of drug-likeness (QED) is 0.810. The van der Waals surface area contributed by atoms with Crippen LogP contribution in [0.2, 0.25) is 0 Å². The van der Waals surface area contributed by atoms with Gasteiger partial charge in [0.1, 0.15) is 11.5 Å². The van der Waals surface area contributed by atoms with Crippen molar-refractivity contribution in [2.75, 3.05) is 12.4 Å². The van der Waals surface area contributed by atoms with Crippen molar-refractivity contribution in [2.24, 2.45) is 11.7 Å². The maximum atomic E-state index is 12.4. The molecule has 7 heteroatoms. The van der Waals surface area contributed by atoms with Crippen LogP contribution in [0.5, 0.6) is 11.5 Å². The van der Waals surface area contributed by atoms with Gasteiger partial charge in [-0.25, -0.2) is 0 Å². The van der Waals surface area contributed by atoms with Crippen LogP contribution in [0.4, 0.5) is 14.5 Å². The van der Waals surface area contributed by atoms with Crippen molar-refractivity contribution in [1.82, 2.24) is 0 Å². The highest BCUT2D eigenvalue weighted by molar-refractivity contribution is 5.93. The molecule has 1 unspecified atom stereocenters. The lowest BCUT2D eigenvalue weighted by atomic mass is 10.1. The van der Waals surface area contributed by atoms with Crippen LogP contribution < -0.4 is 20.5 Å². The van der Waals surface area contributed by atoms with Gasteiger partial charge in [-0.3, -0.25) is 4.79 Å². The normalized spacial score (nSPS) is 15.7. The number of nitrogens with one attached hydrogen (secondary N) is 1. The molecule has 1 saturated carbocycles. The summed E-state index contributed by atoms with van der Waals surface area (Å²) in [5, 5.41) is 2.55. The van der Waals surface area contributed by atoms with E-state index in [2.05, 4.69) is 10.1 Å². The zero-order chi connectivity index (χ0) is 15.4. The summed E-state index contributed by atoms with van der Waals surface area (Å²) in [4.78, 5) is 11.9. The monoisotopic (exact) mass is 300 g/mol. The van der Waals surface area contributed by atoms with Gasteiger partial charge in [-0.1, -0.05) is 0 Å². The van der Waals surface area contributed by atoms with Gasteiger partial charge in [0.15, 0.2) is 0 Å². The van der Waals surface area contributed by atoms with Crippen molar-refractivity contribution in [1.29, 1.82) is 0 Å². The van der Waals surface area contributed by atoms with Gasteiger partial charge in [-0.15, -0.1) is 0 Å². The van der Waals surface area contributed by atoms with E-state index in [9.17, 15) is 13.6 Å². The summed E-state index contributed by atoms with van der Waals surface area (Å²) >= 11 is 0. The Bertz CT molecular complexity index is 507. The molecule has 0 aromatic heterocycles. The third-order valence-corrected chi connectivity index (χ3v) is 3.33. The molecule has 1 aromatic rings. The fourth-order valence-corrected chi connectivity index (χ4v) is 2.04. The number of nitrogens with two attached hydrogens (primary N) is 1. The van der Waals surface area contributed by atoms with E-state index in [0.717, 1.165) is 12.8 Å². The van der Waals surface area contributed by atoms with Crippen LogP contribution in [0.1, 0.15) is 19.3 Å². The number of alkyl halides is 2. The number of hydrogen-bond donors (Lipinski definition) is 2. The third-order valence-electron chi connectivity index (χ3n) is 3.33. The second kappa shape index (κ2) is 6.71. The summed E-state index contributed by atoms with van der Waals surface area (Å²) in [6, 6.07) is 4.03. The van der Waals surface area contributed by atoms with E-state index in [1.165, 1.54) is 25.3 Å². The molecule has 2 rings (SSSR count). The van der Waals surface area contributed by atoms with Crippen molar-refractivity contribution < 1.29 is 23.0 Å². The number of methoxy groups -OCH3 is 1. The fraction of sp³-hybridized carbons (Fsp3) is 0.500. The smallest absolute Gasteiger partial charge is 0.387 e. The first-order chi connectivity index (χ1) is 9.99. The lowest BCUT2D eigenvalue weighted by Crippen LogP contribution is -2.29. The van der Waals surface area contributed by atoms with E-state index >= 15 is 0 Å². The van der Waals surface area contributed by atoms with E-state index in [0.29, 0.717) is 11.7 Å². The van der Waals surface area contributed by atoms with E-state index in [1.54, 1.807) is 0 Å². The number of carbonyl (C=O) groups excluding carboxylic acids is 1. The number of anilines is 1. The molecule has 0 heterocycles. The van der Waals surface area contributed by atoms with Gasteiger partial charge >= 0.3 is 6.61 Å². The average Bonchev–Trinajstić information content (AvgIpc) is 3.24. The van der Waals surface area contributed by atoms with Gasteiger partial charge in [-0.05, 0) is 30.9 Å². The molecule has 1 amide bonds. The molecule has 1 fully saturated rings. The van der Waals surface area contributed by atoms with Crippen molar-refractivity contribution in [2.45, 2.75) is 31.9 Å². The number of rotatable bonds is 7. The molecule has 0 spiro atoms. The Hall–Kier alpha value is -1.89. The number of hydrogen-bond acceptors (Lipinski definition) is 4. The summed E-state index contributed by atoms with van der Waals surface area (Å²) in [5.41, 5.74) is 6.01. The standard InChI is InChI=1S/C14H18F2N2O3/c1-20-9-4-5-12(21-14(15)16)11(6-9)18-13(19)7-10(17)8-2-3-8/h4-6,8,10,14H,2-3,7,17H2,1H3,(H,18,19). The minimum absolute atomic E-state index is 0.112. The van der Waals surface area contributed by atoms with Gasteiger partial charge in [0.25, 0.3) is 0 Å². The lowest BCUT2D eigenvalue weighted by Gasteiger charge is -2.15. The van der Waals surface area contributed by atoms with Gasteiger partial charge in [0.2, 0.25) is 5.91 Å². The topological polar surface area (TPSA) is 73.6 Å². The van der Waals surface area contributed by atoms with Crippen LogP contribution in [0, 0.1) is 5.92 Å². The molecule has 21 heavy (non-hydrogen) atoms. The predicted octanol–water partition coefficient (Wildman–Crippen LogP) is 2.36. The van der Waals surface area contributed by atoms with Crippen LogP contribution in [-0.2, 0) is 4.79 Å². The van der Waals surface area contributed by atoms with E-state index < -0.39 is 6.61 Å². The van der Waals surface area contributed by atoms with Gasteiger partial charge in [0, 0.05) is 18.5 Å². The van der Waals surface area contributed by atoms with Crippen LogP contribution in [0.25, 0.3) is 0 Å². The van der Waals surface area contributed by atoms with Crippen molar-refractivity contribution >= 4 is 11.6 Å². The molecule has 1 aliphatic carbocycles. The molecule has 0 aliphatic heterocycles. The average molecular weight is 300 g/mol. The van der Waals surface area contributed by atoms with Gasteiger partial charge in [-0.2, -0.15) is 8.78 Å². The first-order valence-corrected chi connectivity index (χ1v) is 6.68. The summed E-state index contributed by atoms with van der Waals surface area (Å²) in [6.07, 6.45) is 2.22. The molecule has 0 radical (unpaired) electrons. The second-order valence-corrected chi connectivity index (χ2v) is 4.99. The number of halogens is 2. The van der Waals surface area contributed by atoms with Crippen LogP contribution in [0.15, 0.2) is 18.2 Å². The predicted molar refractivity (Wildman–Crippen MR) is 73.6 cm³/mol. The Morgan fingerprint density at radius 3 is 2.76 bits per heavy atom. The first-order valence-electron chi connectivity index (χ1n) is 6.68. The van der Waals surface area contributed by atoms with Crippen LogP contribution >= 0.6 is 0 Å². The van der Waals surface area contributed by atoms with Crippen molar-refractivity contribution in [3.8, 4) is 11.5 Å². The lowest BCUT2D eigenvalue weighted by molar-refractivity contribution is -0.116. The number of ether oxygens (including phenoxy) is 2. The summed E-state index contributed by atoms with van der Waals surface area (Å²) < 4.78 is 34.1. The Morgan fingerprint density at radius 2 is 2.19 bits per heavy atom. The molecule has 1 aliphatic rings. The van der Waals surface area contributed by atoms with E-state index in [1.807, 2.05) is 0 Å². The van der Waals surface area contributed by atoms with Gasteiger partial charge in [0.05, 0.1) is 12.8 Å². The zero-order valence-electron chi connectivity index (χ0n) is 11.6. The summed E-state index contributed by atoms with van der Waals surface area (Å²) in [7, 11) is 1.44. The Balaban J connectivity index is 2.06. The molecule has 1 atom stereocenters. The van der Waals surface area contributed by atoms with E-state index in [-0.39, 0.29) is 29.8 Å². The van der Waals surface area contributed by atoms with Crippen LogP contribution in [0.3, 0.4) is 0 Å². The Labute approximate surface area is 121 Å². The zero-order valence-corrected chi connectivity index (χ0v) is 11.6.